The summed E-state index contributed by atoms with van der Waals surface area (Å²) < 4.78 is 5.45. The van der Waals surface area contributed by atoms with Gasteiger partial charge in [-0.1, -0.05) is 0 Å². The molecule has 2 heterocycles. The lowest BCUT2D eigenvalue weighted by Crippen LogP contribution is -2.29. The number of carbonyl (C=O) groups excluding carboxylic acids is 1. The molecule has 2 rings (SSSR count). The second-order valence-corrected chi connectivity index (χ2v) is 3.52. The second-order valence-electron chi connectivity index (χ2n) is 3.52. The highest BCUT2D eigenvalue weighted by Gasteiger charge is 2.29. The zero-order valence-corrected chi connectivity index (χ0v) is 8.27. The van der Waals surface area contributed by atoms with Crippen molar-refractivity contribution in [1.29, 1.82) is 0 Å². The minimum absolute atomic E-state index is 0.0162. The van der Waals surface area contributed by atoms with Crippen LogP contribution >= 0.6 is 0 Å². The number of nitrogens with zero attached hydrogens (tertiary/aromatic N) is 1. The van der Waals surface area contributed by atoms with Crippen molar-refractivity contribution >= 4 is 11.7 Å². The molecule has 0 bridgehead atoms. The molecule has 0 radical (unpaired) electrons. The summed E-state index contributed by atoms with van der Waals surface area (Å²) >= 11 is 0. The van der Waals surface area contributed by atoms with Crippen LogP contribution in [0, 0.1) is 0 Å². The van der Waals surface area contributed by atoms with Gasteiger partial charge in [-0.25, -0.2) is 0 Å². The SMILES string of the molecule is NCC1CCC(C(=O)Nc2ccn[nH]2)O1. The summed E-state index contributed by atoms with van der Waals surface area (Å²) in [6.45, 7) is 0.466. The Morgan fingerprint density at radius 2 is 2.60 bits per heavy atom. The lowest BCUT2D eigenvalue weighted by molar-refractivity contribution is -0.126. The third-order valence-electron chi connectivity index (χ3n) is 2.42. The third-order valence-corrected chi connectivity index (χ3v) is 2.42. The van der Waals surface area contributed by atoms with Gasteiger partial charge in [-0.3, -0.25) is 9.89 Å². The molecular formula is C9H14N4O2. The largest absolute Gasteiger partial charge is 0.364 e. The Bertz CT molecular complexity index is 325. The monoisotopic (exact) mass is 210 g/mol. The molecule has 0 saturated carbocycles. The first kappa shape index (κ1) is 10.1. The molecule has 1 aromatic heterocycles. The number of carbonyl (C=O) groups is 1. The van der Waals surface area contributed by atoms with Gasteiger partial charge in [-0.2, -0.15) is 5.10 Å². The first-order chi connectivity index (χ1) is 7.29. The van der Waals surface area contributed by atoms with E-state index in [0.29, 0.717) is 12.4 Å². The van der Waals surface area contributed by atoms with Gasteiger partial charge in [0.1, 0.15) is 11.9 Å². The molecule has 6 heteroatoms. The molecule has 6 nitrogen and oxygen atoms in total. The van der Waals surface area contributed by atoms with Gasteiger partial charge in [0.05, 0.1) is 12.3 Å². The zero-order chi connectivity index (χ0) is 10.7. The van der Waals surface area contributed by atoms with Crippen LogP contribution in [0.25, 0.3) is 0 Å². The summed E-state index contributed by atoms with van der Waals surface area (Å²) in [4.78, 5) is 11.6. The Labute approximate surface area is 87.2 Å². The number of amides is 1. The molecule has 82 valence electrons. The van der Waals surface area contributed by atoms with Gasteiger partial charge in [0.25, 0.3) is 5.91 Å². The maximum absolute atomic E-state index is 11.6. The molecule has 0 aliphatic carbocycles. The smallest absolute Gasteiger partial charge is 0.254 e. The van der Waals surface area contributed by atoms with E-state index in [2.05, 4.69) is 15.5 Å². The molecule has 0 aromatic carbocycles. The number of nitrogens with one attached hydrogen (secondary N) is 2. The molecule has 0 spiro atoms. The van der Waals surface area contributed by atoms with Gasteiger partial charge in [0, 0.05) is 12.6 Å². The molecule has 2 atom stereocenters. The summed E-state index contributed by atoms with van der Waals surface area (Å²) in [6.07, 6.45) is 2.78. The fourth-order valence-electron chi connectivity index (χ4n) is 1.61. The van der Waals surface area contributed by atoms with Gasteiger partial charge < -0.3 is 15.8 Å². The Hall–Kier alpha value is -1.40. The highest BCUT2D eigenvalue weighted by Crippen LogP contribution is 2.19. The molecule has 15 heavy (non-hydrogen) atoms. The molecule has 1 aliphatic rings. The van der Waals surface area contributed by atoms with Crippen LogP contribution < -0.4 is 11.1 Å². The van der Waals surface area contributed by atoms with Crippen LogP contribution in [0.2, 0.25) is 0 Å². The number of ether oxygens (including phenoxy) is 1. The van der Waals surface area contributed by atoms with E-state index in [1.165, 1.54) is 0 Å². The van der Waals surface area contributed by atoms with Gasteiger partial charge in [-0.05, 0) is 12.8 Å². The maximum Gasteiger partial charge on any atom is 0.254 e. The number of nitrogens with two attached hydrogens (primary N) is 1. The van der Waals surface area contributed by atoms with Crippen LogP contribution in [0.4, 0.5) is 5.82 Å². The fourth-order valence-corrected chi connectivity index (χ4v) is 1.61. The van der Waals surface area contributed by atoms with Crippen LogP contribution in [0.1, 0.15) is 12.8 Å². The lowest BCUT2D eigenvalue weighted by Gasteiger charge is -2.11. The minimum atomic E-state index is -0.387. The molecule has 1 fully saturated rings. The minimum Gasteiger partial charge on any atom is -0.364 e. The van der Waals surface area contributed by atoms with E-state index < -0.39 is 0 Å². The second kappa shape index (κ2) is 4.41. The molecular weight excluding hydrogens is 196 g/mol. The highest BCUT2D eigenvalue weighted by molar-refractivity contribution is 5.93. The number of rotatable bonds is 3. The first-order valence-corrected chi connectivity index (χ1v) is 4.95. The summed E-state index contributed by atoms with van der Waals surface area (Å²) in [7, 11) is 0. The first-order valence-electron chi connectivity index (χ1n) is 4.95. The van der Waals surface area contributed by atoms with Crippen LogP contribution in [0.5, 0.6) is 0 Å². The van der Waals surface area contributed by atoms with Crippen molar-refractivity contribution in [2.24, 2.45) is 5.73 Å². The number of hydrogen-bond donors (Lipinski definition) is 3. The van der Waals surface area contributed by atoms with E-state index in [1.54, 1.807) is 12.3 Å². The molecule has 1 saturated heterocycles. The van der Waals surface area contributed by atoms with Crippen LogP contribution in [-0.4, -0.2) is 34.9 Å². The van der Waals surface area contributed by atoms with Crippen molar-refractivity contribution in [2.45, 2.75) is 25.0 Å². The average molecular weight is 210 g/mol. The van der Waals surface area contributed by atoms with E-state index in [4.69, 9.17) is 10.5 Å². The zero-order valence-electron chi connectivity index (χ0n) is 8.27. The Morgan fingerprint density at radius 1 is 1.73 bits per heavy atom. The van der Waals surface area contributed by atoms with Gasteiger partial charge in [0.2, 0.25) is 0 Å². The van der Waals surface area contributed by atoms with Crippen molar-refractivity contribution < 1.29 is 9.53 Å². The number of aromatic nitrogens is 2. The van der Waals surface area contributed by atoms with E-state index in [1.807, 2.05) is 0 Å². The molecule has 4 N–H and O–H groups in total. The van der Waals surface area contributed by atoms with Crippen molar-refractivity contribution in [2.75, 3.05) is 11.9 Å². The van der Waals surface area contributed by atoms with Crippen molar-refractivity contribution in [1.82, 2.24) is 10.2 Å². The maximum atomic E-state index is 11.6. The molecule has 1 amide bonds. The third kappa shape index (κ3) is 2.34. The van der Waals surface area contributed by atoms with E-state index >= 15 is 0 Å². The number of anilines is 1. The van der Waals surface area contributed by atoms with Gasteiger partial charge in [0.15, 0.2) is 0 Å². The van der Waals surface area contributed by atoms with Crippen LogP contribution in [-0.2, 0) is 9.53 Å². The predicted molar refractivity (Wildman–Crippen MR) is 54.2 cm³/mol. The van der Waals surface area contributed by atoms with Crippen molar-refractivity contribution in [3.05, 3.63) is 12.3 Å². The van der Waals surface area contributed by atoms with Gasteiger partial charge >= 0.3 is 0 Å². The fraction of sp³-hybridized carbons (Fsp3) is 0.556. The van der Waals surface area contributed by atoms with E-state index in [-0.39, 0.29) is 18.1 Å². The normalized spacial score (nSPS) is 25.4. The predicted octanol–water partition coefficient (Wildman–Crippen LogP) is -0.146. The summed E-state index contributed by atoms with van der Waals surface area (Å²) in [5.74, 6) is 0.440. The lowest BCUT2D eigenvalue weighted by atomic mass is 10.2. The molecule has 1 aliphatic heterocycles. The average Bonchev–Trinajstić information content (AvgIpc) is 2.86. The molecule has 1 aromatic rings. The topological polar surface area (TPSA) is 93.0 Å². The Kier molecular flexibility index (Phi) is 2.98. The number of H-pyrrole nitrogens is 1. The quantitative estimate of drug-likeness (QED) is 0.647. The summed E-state index contributed by atoms with van der Waals surface area (Å²) in [5.41, 5.74) is 5.46. The molecule has 2 unspecified atom stereocenters. The number of hydrogen-bond acceptors (Lipinski definition) is 4. The van der Waals surface area contributed by atoms with Gasteiger partial charge in [-0.15, -0.1) is 0 Å². The number of aromatic amines is 1. The summed E-state index contributed by atoms with van der Waals surface area (Å²) in [5, 5.41) is 9.07. The van der Waals surface area contributed by atoms with Crippen molar-refractivity contribution in [3.63, 3.8) is 0 Å². The van der Waals surface area contributed by atoms with Crippen LogP contribution in [0.15, 0.2) is 12.3 Å². The van der Waals surface area contributed by atoms with E-state index in [9.17, 15) is 4.79 Å². The summed E-state index contributed by atoms with van der Waals surface area (Å²) in [6, 6.07) is 1.69. The van der Waals surface area contributed by atoms with Crippen molar-refractivity contribution in [3.8, 4) is 0 Å². The Morgan fingerprint density at radius 3 is 3.20 bits per heavy atom. The van der Waals surface area contributed by atoms with E-state index in [0.717, 1.165) is 12.8 Å². The van der Waals surface area contributed by atoms with Crippen LogP contribution in [0.3, 0.4) is 0 Å². The Balaban J connectivity index is 1.87. The standard InChI is InChI=1S/C9H14N4O2/c10-5-6-1-2-7(15-6)9(14)12-8-3-4-11-13-8/h3-4,6-7H,1-2,5,10H2,(H2,11,12,13,14). The highest BCUT2D eigenvalue weighted by atomic mass is 16.5.